The normalized spacial score (nSPS) is 47.3. The van der Waals surface area contributed by atoms with Crippen molar-refractivity contribution in [2.24, 2.45) is 0 Å². The molecule has 4 nitrogen and oxygen atoms in total. The molecule has 3 aliphatic rings. The van der Waals surface area contributed by atoms with Crippen LogP contribution in [-0.4, -0.2) is 47.5 Å². The van der Waals surface area contributed by atoms with E-state index >= 15 is 0 Å². The van der Waals surface area contributed by atoms with Crippen LogP contribution in [0.15, 0.2) is 0 Å². The first-order valence-electron chi connectivity index (χ1n) is 6.15. The van der Waals surface area contributed by atoms with Gasteiger partial charge in [-0.25, -0.2) is 0 Å². The first kappa shape index (κ1) is 12.2. The summed E-state index contributed by atoms with van der Waals surface area (Å²) in [4.78, 5) is 0. The summed E-state index contributed by atoms with van der Waals surface area (Å²) in [5.74, 6) is 0.0703. The highest BCUT2D eigenvalue weighted by Gasteiger charge is 2.54. The summed E-state index contributed by atoms with van der Waals surface area (Å²) in [6.45, 7) is 8.52. The molecular weight excluding hydrogens is 240 g/mol. The van der Waals surface area contributed by atoms with Gasteiger partial charge in [-0.2, -0.15) is 11.8 Å². The van der Waals surface area contributed by atoms with Crippen LogP contribution in [0.3, 0.4) is 0 Å². The van der Waals surface area contributed by atoms with E-state index in [1.807, 2.05) is 39.5 Å². The highest BCUT2D eigenvalue weighted by molar-refractivity contribution is 8.00. The van der Waals surface area contributed by atoms with E-state index in [0.29, 0.717) is 11.9 Å². The third-order valence-electron chi connectivity index (χ3n) is 3.40. The molecule has 0 saturated carbocycles. The minimum atomic E-state index is -0.460. The van der Waals surface area contributed by atoms with Crippen molar-refractivity contribution in [2.75, 3.05) is 12.4 Å². The monoisotopic (exact) mass is 260 g/mol. The minimum Gasteiger partial charge on any atom is -0.348 e. The van der Waals surface area contributed by atoms with Crippen molar-refractivity contribution in [1.29, 1.82) is 0 Å². The lowest BCUT2D eigenvalue weighted by Crippen LogP contribution is -2.38. The lowest BCUT2D eigenvalue weighted by molar-refractivity contribution is -0.154. The van der Waals surface area contributed by atoms with Crippen molar-refractivity contribution in [3.05, 3.63) is 0 Å². The van der Waals surface area contributed by atoms with Gasteiger partial charge in [0.2, 0.25) is 0 Å². The second-order valence-corrected chi connectivity index (χ2v) is 7.01. The summed E-state index contributed by atoms with van der Waals surface area (Å²) in [7, 11) is 0. The largest absolute Gasteiger partial charge is 0.348 e. The van der Waals surface area contributed by atoms with Crippen LogP contribution in [0.4, 0.5) is 0 Å². The molecule has 3 aliphatic heterocycles. The van der Waals surface area contributed by atoms with Crippen LogP contribution >= 0.6 is 11.8 Å². The molecule has 0 aliphatic carbocycles. The Labute approximate surface area is 106 Å². The molecule has 0 bridgehead atoms. The Hall–Kier alpha value is 0.190. The van der Waals surface area contributed by atoms with E-state index in [4.69, 9.17) is 18.9 Å². The van der Waals surface area contributed by atoms with E-state index in [9.17, 15) is 0 Å². The number of rotatable bonds is 1. The Morgan fingerprint density at radius 3 is 2.29 bits per heavy atom. The number of hydrogen-bond donors (Lipinski definition) is 0. The van der Waals surface area contributed by atoms with E-state index in [1.54, 1.807) is 0 Å². The van der Waals surface area contributed by atoms with E-state index in [0.717, 1.165) is 5.75 Å². The maximum Gasteiger partial charge on any atom is 0.163 e. The van der Waals surface area contributed by atoms with Crippen LogP contribution in [0, 0.1) is 0 Å². The molecule has 3 rings (SSSR count). The molecule has 0 aromatic rings. The molecule has 4 atom stereocenters. The van der Waals surface area contributed by atoms with E-state index in [2.05, 4.69) is 0 Å². The van der Waals surface area contributed by atoms with Gasteiger partial charge in [0.15, 0.2) is 11.6 Å². The molecular formula is C12H20O4S. The predicted molar refractivity (Wildman–Crippen MR) is 65.0 cm³/mol. The fourth-order valence-corrected chi connectivity index (χ4v) is 4.21. The summed E-state index contributed by atoms with van der Waals surface area (Å²) in [5.41, 5.74) is 0. The molecule has 3 fully saturated rings. The smallest absolute Gasteiger partial charge is 0.163 e. The number of hydrogen-bond acceptors (Lipinski definition) is 5. The molecule has 0 spiro atoms. The molecule has 98 valence electrons. The van der Waals surface area contributed by atoms with Gasteiger partial charge in [0.1, 0.15) is 6.10 Å². The molecule has 0 amide bonds. The number of fused-ring (bicyclic) bond motifs is 1. The van der Waals surface area contributed by atoms with Crippen LogP contribution < -0.4 is 0 Å². The lowest BCUT2D eigenvalue weighted by Gasteiger charge is -2.25. The van der Waals surface area contributed by atoms with Crippen molar-refractivity contribution in [3.63, 3.8) is 0 Å². The van der Waals surface area contributed by atoms with Crippen LogP contribution in [0.5, 0.6) is 0 Å². The predicted octanol–water partition coefficient (Wildman–Crippen LogP) is 1.77. The van der Waals surface area contributed by atoms with Gasteiger partial charge in [-0.1, -0.05) is 0 Å². The fourth-order valence-electron chi connectivity index (χ4n) is 2.77. The maximum atomic E-state index is 5.99. The quantitative estimate of drug-likeness (QED) is 0.718. The Balaban J connectivity index is 1.70. The summed E-state index contributed by atoms with van der Waals surface area (Å²) in [6.07, 6.45) is 0.451. The first-order valence-corrected chi connectivity index (χ1v) is 7.20. The standard InChI is InChI=1S/C12H20O4S/c1-11(2)13-5-7(14-11)10-9-8(6-17-10)15-12(3,4)16-9/h7-10H,5-6H2,1-4H3/t7?,8?,9-,10-/m0/s1. The summed E-state index contributed by atoms with van der Waals surface area (Å²) >= 11 is 1.88. The van der Waals surface area contributed by atoms with Gasteiger partial charge in [-0.15, -0.1) is 0 Å². The summed E-state index contributed by atoms with van der Waals surface area (Å²) in [6, 6.07) is 0. The zero-order chi connectivity index (χ0) is 12.3. The molecule has 17 heavy (non-hydrogen) atoms. The second-order valence-electron chi connectivity index (χ2n) is 5.80. The molecule has 0 N–H and O–H groups in total. The molecule has 3 heterocycles. The fraction of sp³-hybridized carbons (Fsp3) is 1.00. The van der Waals surface area contributed by atoms with Gasteiger partial charge in [0.25, 0.3) is 0 Å². The maximum absolute atomic E-state index is 5.99. The average Bonchev–Trinajstić information content (AvgIpc) is 2.77. The third kappa shape index (κ3) is 2.24. The van der Waals surface area contributed by atoms with E-state index in [1.165, 1.54) is 0 Å². The molecule has 0 aromatic heterocycles. The highest BCUT2D eigenvalue weighted by atomic mass is 32.2. The summed E-state index contributed by atoms with van der Waals surface area (Å²) < 4.78 is 23.4. The van der Waals surface area contributed by atoms with Crippen molar-refractivity contribution in [2.45, 2.75) is 62.8 Å². The van der Waals surface area contributed by atoms with Crippen LogP contribution in [0.2, 0.25) is 0 Å². The lowest BCUT2D eigenvalue weighted by atomic mass is 10.1. The van der Waals surface area contributed by atoms with Gasteiger partial charge in [0, 0.05) is 5.75 Å². The van der Waals surface area contributed by atoms with E-state index < -0.39 is 11.6 Å². The first-order chi connectivity index (χ1) is 7.86. The zero-order valence-corrected chi connectivity index (χ0v) is 11.6. The van der Waals surface area contributed by atoms with Crippen LogP contribution in [-0.2, 0) is 18.9 Å². The van der Waals surface area contributed by atoms with Gasteiger partial charge in [-0.05, 0) is 27.7 Å². The van der Waals surface area contributed by atoms with Gasteiger partial charge < -0.3 is 18.9 Å². The van der Waals surface area contributed by atoms with Crippen LogP contribution in [0.25, 0.3) is 0 Å². The Morgan fingerprint density at radius 2 is 1.65 bits per heavy atom. The molecule has 3 saturated heterocycles. The van der Waals surface area contributed by atoms with Gasteiger partial charge in [-0.3, -0.25) is 0 Å². The number of ether oxygens (including phenoxy) is 4. The Kier molecular flexibility index (Phi) is 2.76. The topological polar surface area (TPSA) is 36.9 Å². The van der Waals surface area contributed by atoms with Gasteiger partial charge >= 0.3 is 0 Å². The summed E-state index contributed by atoms with van der Waals surface area (Å²) in [5, 5.41) is 0.323. The molecule has 0 aromatic carbocycles. The zero-order valence-electron chi connectivity index (χ0n) is 10.8. The van der Waals surface area contributed by atoms with Crippen LogP contribution in [0.1, 0.15) is 27.7 Å². The number of thioether (sulfide) groups is 1. The third-order valence-corrected chi connectivity index (χ3v) is 4.87. The minimum absolute atomic E-state index is 0.113. The SMILES string of the molecule is CC1(C)OCC([C@@H]2SCC3OC(C)(C)O[C@@H]32)O1. The molecule has 2 unspecified atom stereocenters. The Morgan fingerprint density at radius 1 is 0.941 bits per heavy atom. The average molecular weight is 260 g/mol. The molecule has 0 radical (unpaired) electrons. The van der Waals surface area contributed by atoms with Crippen molar-refractivity contribution in [3.8, 4) is 0 Å². The highest BCUT2D eigenvalue weighted by Crippen LogP contribution is 2.44. The van der Waals surface area contributed by atoms with Gasteiger partial charge in [0.05, 0.1) is 24.1 Å². The second kappa shape index (κ2) is 3.84. The molecule has 5 heteroatoms. The van der Waals surface area contributed by atoms with E-state index in [-0.39, 0.29) is 18.3 Å². The van der Waals surface area contributed by atoms with Crippen molar-refractivity contribution < 1.29 is 18.9 Å². The Bertz CT molecular complexity index is 318. The van der Waals surface area contributed by atoms with Crippen molar-refractivity contribution in [1.82, 2.24) is 0 Å². The van der Waals surface area contributed by atoms with Crippen molar-refractivity contribution >= 4 is 11.8 Å².